The highest BCUT2D eigenvalue weighted by Gasteiger charge is 2.64. The Morgan fingerprint density at radius 3 is 2.65 bits per heavy atom. The van der Waals surface area contributed by atoms with Crippen molar-refractivity contribution in [1.82, 2.24) is 4.90 Å². The zero-order valence-electron chi connectivity index (χ0n) is 14.0. The summed E-state index contributed by atoms with van der Waals surface area (Å²) in [6.07, 6.45) is 0.507. The fourth-order valence-corrected chi connectivity index (χ4v) is 4.75. The number of ether oxygens (including phenoxy) is 1. The van der Waals surface area contributed by atoms with Gasteiger partial charge in [0, 0.05) is 6.54 Å². The van der Waals surface area contributed by atoms with Crippen LogP contribution in [0.3, 0.4) is 0 Å². The second-order valence-corrected chi connectivity index (χ2v) is 8.49. The van der Waals surface area contributed by atoms with Crippen LogP contribution < -0.4 is 5.73 Å². The lowest BCUT2D eigenvalue weighted by Gasteiger charge is -2.32. The molecule has 2 heterocycles. The van der Waals surface area contributed by atoms with Crippen LogP contribution in [0.4, 0.5) is 0 Å². The molecule has 0 aromatic heterocycles. The Hall–Kier alpha value is -2.26. The molecule has 2 atom stereocenters. The fraction of sp³-hybridized carbons (Fsp3) is 0.412. The molecular weight excluding hydrogens is 360 g/mol. The molecule has 2 amide bonds. The molecule has 2 N–H and O–H groups in total. The van der Waals surface area contributed by atoms with Crippen molar-refractivity contribution in [3.63, 3.8) is 0 Å². The minimum atomic E-state index is -3.57. The van der Waals surface area contributed by atoms with Crippen LogP contribution in [0.5, 0.6) is 0 Å². The van der Waals surface area contributed by atoms with Crippen molar-refractivity contribution >= 4 is 27.4 Å². The lowest BCUT2D eigenvalue weighted by molar-refractivity contribution is -0.148. The number of carbonyl (C=O) groups is 3. The predicted octanol–water partition coefficient (Wildman–Crippen LogP) is -0.770. The van der Waals surface area contributed by atoms with Gasteiger partial charge in [-0.15, -0.1) is 0 Å². The summed E-state index contributed by atoms with van der Waals surface area (Å²) >= 11 is 0. The van der Waals surface area contributed by atoms with Crippen LogP contribution in [0.25, 0.3) is 0 Å². The van der Waals surface area contributed by atoms with Crippen molar-refractivity contribution in [1.29, 1.82) is 0 Å². The molecule has 1 radical (unpaired) electrons. The van der Waals surface area contributed by atoms with Crippen LogP contribution in [0, 0.1) is 6.42 Å². The van der Waals surface area contributed by atoms with E-state index < -0.39 is 44.8 Å². The third-order valence-electron chi connectivity index (χ3n) is 4.73. The summed E-state index contributed by atoms with van der Waals surface area (Å²) < 4.78 is 29.8. The largest absolute Gasteiger partial charge is 0.367 e. The molecule has 26 heavy (non-hydrogen) atoms. The van der Waals surface area contributed by atoms with E-state index in [1.807, 2.05) is 0 Å². The molecular formula is C17H19N2O6S. The van der Waals surface area contributed by atoms with Gasteiger partial charge in [-0.25, -0.2) is 8.42 Å². The summed E-state index contributed by atoms with van der Waals surface area (Å²) in [7, 11) is -3.57. The number of nitrogens with zero attached hydrogens (tertiary/aromatic N) is 1. The number of hydrogen-bond acceptors (Lipinski definition) is 6. The Kier molecular flexibility index (Phi) is 4.85. The molecule has 1 aromatic rings. The van der Waals surface area contributed by atoms with E-state index in [1.165, 1.54) is 0 Å². The summed E-state index contributed by atoms with van der Waals surface area (Å²) in [5.74, 6) is -2.92. The van der Waals surface area contributed by atoms with Gasteiger partial charge in [0.25, 0.3) is 5.91 Å². The monoisotopic (exact) mass is 379 g/mol. The number of amides is 2. The first-order valence-corrected chi connectivity index (χ1v) is 9.93. The maximum absolute atomic E-state index is 12.5. The van der Waals surface area contributed by atoms with Crippen LogP contribution in [0.15, 0.2) is 30.3 Å². The first kappa shape index (κ1) is 18.5. The number of hydrogen-bond donors (Lipinski definition) is 1. The fourth-order valence-electron chi connectivity index (χ4n) is 3.53. The number of nitrogens with two attached hydrogens (primary N) is 1. The number of Topliss-reactive ketones (excluding diaryl/α,β-unsaturated/α-hetero) is 1. The highest BCUT2D eigenvalue weighted by Crippen LogP contribution is 2.37. The Morgan fingerprint density at radius 2 is 2.00 bits per heavy atom. The van der Waals surface area contributed by atoms with Crippen molar-refractivity contribution in [3.05, 3.63) is 42.3 Å². The van der Waals surface area contributed by atoms with Gasteiger partial charge >= 0.3 is 0 Å². The molecule has 0 bridgehead atoms. The van der Waals surface area contributed by atoms with Gasteiger partial charge in [0.2, 0.25) is 11.4 Å². The first-order chi connectivity index (χ1) is 12.3. The zero-order valence-corrected chi connectivity index (χ0v) is 14.8. The van der Waals surface area contributed by atoms with Crippen LogP contribution >= 0.6 is 0 Å². The Bertz CT molecular complexity index is 838. The second kappa shape index (κ2) is 6.81. The highest BCUT2D eigenvalue weighted by atomic mass is 32.2. The minimum Gasteiger partial charge on any atom is -0.367 e. The van der Waals surface area contributed by atoms with Crippen LogP contribution in [0.1, 0.15) is 12.0 Å². The van der Waals surface area contributed by atoms with E-state index in [0.717, 1.165) is 11.3 Å². The highest BCUT2D eigenvalue weighted by molar-refractivity contribution is 7.90. The molecule has 0 aliphatic carbocycles. The molecule has 139 valence electrons. The molecule has 2 aliphatic heterocycles. The number of benzene rings is 1. The lowest BCUT2D eigenvalue weighted by atomic mass is 9.89. The van der Waals surface area contributed by atoms with E-state index in [9.17, 15) is 22.8 Å². The summed E-state index contributed by atoms with van der Waals surface area (Å²) in [6.45, 7) is -0.183. The van der Waals surface area contributed by atoms with E-state index in [2.05, 4.69) is 0 Å². The Morgan fingerprint density at radius 1 is 1.31 bits per heavy atom. The number of rotatable bonds is 6. The van der Waals surface area contributed by atoms with Crippen molar-refractivity contribution < 1.29 is 27.5 Å². The summed E-state index contributed by atoms with van der Waals surface area (Å²) in [5, 5.41) is 0. The molecule has 0 saturated carbocycles. The summed E-state index contributed by atoms with van der Waals surface area (Å²) in [6, 6.07) is 8.60. The first-order valence-electron chi connectivity index (χ1n) is 8.11. The van der Waals surface area contributed by atoms with Crippen molar-refractivity contribution in [2.45, 2.75) is 23.8 Å². The van der Waals surface area contributed by atoms with Crippen LogP contribution in [-0.4, -0.2) is 61.5 Å². The average Bonchev–Trinajstić information content (AvgIpc) is 3.12. The molecule has 0 spiro atoms. The van der Waals surface area contributed by atoms with Gasteiger partial charge in [0.15, 0.2) is 15.6 Å². The van der Waals surface area contributed by atoms with E-state index in [4.69, 9.17) is 10.5 Å². The quantitative estimate of drug-likeness (QED) is 0.647. The maximum atomic E-state index is 12.5. The number of fused-ring (bicyclic) bond motifs is 1. The number of sulfone groups is 1. The number of likely N-dealkylation sites (tertiary alicyclic amines) is 1. The van der Waals surface area contributed by atoms with E-state index in [1.54, 1.807) is 30.3 Å². The third-order valence-corrected chi connectivity index (χ3v) is 6.18. The molecule has 2 unspecified atom stereocenters. The van der Waals surface area contributed by atoms with Gasteiger partial charge in [-0.1, -0.05) is 30.3 Å². The molecule has 1 aromatic carbocycles. The van der Waals surface area contributed by atoms with Crippen LogP contribution in [0.2, 0.25) is 0 Å². The van der Waals surface area contributed by atoms with E-state index in [0.29, 0.717) is 12.0 Å². The van der Waals surface area contributed by atoms with Gasteiger partial charge in [-0.3, -0.25) is 14.4 Å². The average molecular weight is 379 g/mol. The van der Waals surface area contributed by atoms with Gasteiger partial charge < -0.3 is 15.4 Å². The van der Waals surface area contributed by atoms with Crippen molar-refractivity contribution in [2.24, 2.45) is 5.73 Å². The SMILES string of the molecule is NC(=O)C12C(=O)COC1CCN2C(=O)[CH]CS(=O)(=O)Cc1ccccc1. The second-order valence-electron chi connectivity index (χ2n) is 6.38. The number of carbonyl (C=O) groups excluding carboxylic acids is 3. The Labute approximate surface area is 151 Å². The third kappa shape index (κ3) is 3.12. The van der Waals surface area contributed by atoms with Gasteiger partial charge in [0.05, 0.1) is 24.0 Å². The molecule has 8 nitrogen and oxygen atoms in total. The Balaban J connectivity index is 1.70. The van der Waals surface area contributed by atoms with Gasteiger partial charge in [-0.05, 0) is 12.0 Å². The molecule has 2 aliphatic rings. The number of primary amides is 1. The predicted molar refractivity (Wildman–Crippen MR) is 91.2 cm³/mol. The molecule has 9 heteroatoms. The molecule has 2 fully saturated rings. The summed E-state index contributed by atoms with van der Waals surface area (Å²) in [5.41, 5.74) is 4.20. The van der Waals surface area contributed by atoms with E-state index >= 15 is 0 Å². The van der Waals surface area contributed by atoms with Crippen molar-refractivity contribution in [3.8, 4) is 0 Å². The maximum Gasteiger partial charge on any atom is 0.254 e. The molecule has 2 saturated heterocycles. The van der Waals surface area contributed by atoms with Gasteiger partial charge in [-0.2, -0.15) is 0 Å². The topological polar surface area (TPSA) is 124 Å². The summed E-state index contributed by atoms with van der Waals surface area (Å²) in [4.78, 5) is 37.8. The van der Waals surface area contributed by atoms with E-state index in [-0.39, 0.29) is 18.9 Å². The lowest BCUT2D eigenvalue weighted by Crippen LogP contribution is -2.63. The smallest absolute Gasteiger partial charge is 0.254 e. The number of ketones is 1. The van der Waals surface area contributed by atoms with Crippen molar-refractivity contribution in [2.75, 3.05) is 18.9 Å². The molecule has 3 rings (SSSR count). The zero-order chi connectivity index (χ0) is 18.9. The standard InChI is InChI=1S/C17H19N2O6S/c18-16(22)17-13(20)10-25-14(17)6-8-19(17)15(21)7-9-26(23,24)11-12-4-2-1-3-5-12/h1-5,7,14H,6,8-11H2,(H2,18,22). The normalized spacial score (nSPS) is 25.3. The minimum absolute atomic E-state index is 0.105. The van der Waals surface area contributed by atoms with Crippen LogP contribution in [-0.2, 0) is 34.7 Å². The van der Waals surface area contributed by atoms with Gasteiger partial charge in [0.1, 0.15) is 6.61 Å².